The molecule has 6 rings (SSSR count). The minimum Gasteiger partial charge on any atom is -0.265 e. The molecule has 32 heavy (non-hydrogen) atoms. The van der Waals surface area contributed by atoms with Crippen LogP contribution in [0.3, 0.4) is 0 Å². The van der Waals surface area contributed by atoms with E-state index in [1.807, 2.05) is 42.8 Å². The Bertz CT molecular complexity index is 1480. The van der Waals surface area contributed by atoms with Crippen molar-refractivity contribution < 1.29 is 0 Å². The van der Waals surface area contributed by atoms with E-state index in [1.165, 1.54) is 21.5 Å². The summed E-state index contributed by atoms with van der Waals surface area (Å²) in [5.41, 5.74) is 4.05. The molecule has 0 fully saturated rings. The minimum absolute atomic E-state index is 0.960. The van der Waals surface area contributed by atoms with Gasteiger partial charge in [-0.25, -0.2) is 0 Å². The summed E-state index contributed by atoms with van der Waals surface area (Å²) in [6.45, 7) is 0. The molecule has 0 saturated carbocycles. The second kappa shape index (κ2) is 7.71. The zero-order valence-corrected chi connectivity index (χ0v) is 17.3. The molecular weight excluding hydrogens is 390 g/mol. The highest BCUT2D eigenvalue weighted by atomic mass is 14.7. The van der Waals surface area contributed by atoms with E-state index in [4.69, 9.17) is 9.98 Å². The molecular formula is C29H19N3. The number of aromatic nitrogens is 1. The van der Waals surface area contributed by atoms with Crippen LogP contribution in [0.15, 0.2) is 113 Å². The SMILES string of the molecule is C(=Nc1ccc2ccc3c(N=Cc4ccncc4)ccc4ccc1c2c43)c1ccccc1. The van der Waals surface area contributed by atoms with Crippen LogP contribution in [0.2, 0.25) is 0 Å². The average molecular weight is 409 g/mol. The van der Waals surface area contributed by atoms with Crippen LogP contribution < -0.4 is 0 Å². The van der Waals surface area contributed by atoms with Crippen molar-refractivity contribution in [3.8, 4) is 0 Å². The highest BCUT2D eigenvalue weighted by molar-refractivity contribution is 6.27. The van der Waals surface area contributed by atoms with Crippen molar-refractivity contribution in [1.29, 1.82) is 0 Å². The van der Waals surface area contributed by atoms with Crippen LogP contribution in [0.25, 0.3) is 32.3 Å². The smallest absolute Gasteiger partial charge is 0.0708 e. The van der Waals surface area contributed by atoms with Gasteiger partial charge in [-0.3, -0.25) is 15.0 Å². The van der Waals surface area contributed by atoms with Crippen LogP contribution in [0.5, 0.6) is 0 Å². The van der Waals surface area contributed by atoms with E-state index in [-0.39, 0.29) is 0 Å². The highest BCUT2D eigenvalue weighted by Crippen LogP contribution is 2.41. The van der Waals surface area contributed by atoms with Gasteiger partial charge in [0.05, 0.1) is 11.4 Å². The van der Waals surface area contributed by atoms with Crippen molar-refractivity contribution >= 4 is 56.1 Å². The summed E-state index contributed by atoms with van der Waals surface area (Å²) in [4.78, 5) is 13.7. The molecule has 0 aliphatic rings. The van der Waals surface area contributed by atoms with Gasteiger partial charge >= 0.3 is 0 Å². The Morgan fingerprint density at radius 3 is 1.56 bits per heavy atom. The largest absolute Gasteiger partial charge is 0.265 e. The Kier molecular flexibility index (Phi) is 4.43. The van der Waals surface area contributed by atoms with E-state index in [2.05, 4.69) is 65.6 Å². The second-order valence-electron chi connectivity index (χ2n) is 7.80. The molecule has 1 aromatic heterocycles. The fourth-order valence-electron chi connectivity index (χ4n) is 4.27. The molecule has 3 nitrogen and oxygen atoms in total. The lowest BCUT2D eigenvalue weighted by atomic mass is 9.93. The summed E-state index contributed by atoms with van der Waals surface area (Å²) in [6, 6.07) is 31.3. The maximum atomic E-state index is 4.82. The van der Waals surface area contributed by atoms with Gasteiger partial charge in [0.25, 0.3) is 0 Å². The molecule has 0 atom stereocenters. The van der Waals surface area contributed by atoms with Gasteiger partial charge in [0.2, 0.25) is 0 Å². The lowest BCUT2D eigenvalue weighted by Crippen LogP contribution is -1.86. The van der Waals surface area contributed by atoms with E-state index in [9.17, 15) is 0 Å². The predicted octanol–water partition coefficient (Wildman–Crippen LogP) is 7.48. The molecule has 0 saturated heterocycles. The third kappa shape index (κ3) is 3.21. The molecule has 6 aromatic rings. The van der Waals surface area contributed by atoms with Gasteiger partial charge in [0, 0.05) is 35.6 Å². The third-order valence-electron chi connectivity index (χ3n) is 5.83. The molecule has 0 aliphatic heterocycles. The van der Waals surface area contributed by atoms with Gasteiger partial charge in [-0.1, -0.05) is 66.7 Å². The molecule has 150 valence electrons. The zero-order chi connectivity index (χ0) is 21.3. The molecule has 0 radical (unpaired) electrons. The number of benzene rings is 5. The number of nitrogens with zero attached hydrogens (tertiary/aromatic N) is 3. The summed E-state index contributed by atoms with van der Waals surface area (Å²) >= 11 is 0. The zero-order valence-electron chi connectivity index (χ0n) is 17.3. The summed E-state index contributed by atoms with van der Waals surface area (Å²) < 4.78 is 0. The van der Waals surface area contributed by atoms with Crippen LogP contribution in [-0.2, 0) is 0 Å². The number of rotatable bonds is 4. The van der Waals surface area contributed by atoms with E-state index < -0.39 is 0 Å². The quantitative estimate of drug-likeness (QED) is 0.220. The number of hydrogen-bond donors (Lipinski definition) is 0. The van der Waals surface area contributed by atoms with Crippen LogP contribution in [0.1, 0.15) is 11.1 Å². The number of pyridine rings is 1. The first-order valence-electron chi connectivity index (χ1n) is 10.6. The Hall–Kier alpha value is -4.37. The Balaban J connectivity index is 1.53. The lowest BCUT2D eigenvalue weighted by Gasteiger charge is -2.13. The number of aliphatic imine (C=N–C) groups is 2. The van der Waals surface area contributed by atoms with Crippen LogP contribution in [-0.4, -0.2) is 17.4 Å². The first-order chi connectivity index (χ1) is 15.9. The maximum Gasteiger partial charge on any atom is 0.0708 e. The molecule has 0 N–H and O–H groups in total. The fourth-order valence-corrected chi connectivity index (χ4v) is 4.27. The molecule has 3 heteroatoms. The topological polar surface area (TPSA) is 37.6 Å². The molecule has 1 heterocycles. The van der Waals surface area contributed by atoms with E-state index >= 15 is 0 Å². The maximum absolute atomic E-state index is 4.82. The van der Waals surface area contributed by atoms with Crippen molar-refractivity contribution in [3.05, 3.63) is 115 Å². The molecule has 0 amide bonds. The standard InChI is InChI=1S/C29H19N3/c1-2-4-20(5-3-1)18-31-26-12-8-22-7-11-25-27(32-19-21-14-16-30-17-15-21)13-9-23-6-10-24(26)28(22)29(23)25/h1-19H. The van der Waals surface area contributed by atoms with Gasteiger partial charge in [0.15, 0.2) is 0 Å². The van der Waals surface area contributed by atoms with Crippen molar-refractivity contribution in [3.63, 3.8) is 0 Å². The first-order valence-corrected chi connectivity index (χ1v) is 10.6. The van der Waals surface area contributed by atoms with E-state index in [1.54, 1.807) is 12.4 Å². The van der Waals surface area contributed by atoms with Crippen LogP contribution in [0, 0.1) is 0 Å². The first kappa shape index (κ1) is 18.4. The summed E-state index contributed by atoms with van der Waals surface area (Å²) in [7, 11) is 0. The minimum atomic E-state index is 0.960. The Morgan fingerprint density at radius 1 is 0.500 bits per heavy atom. The van der Waals surface area contributed by atoms with Gasteiger partial charge in [-0.2, -0.15) is 0 Å². The van der Waals surface area contributed by atoms with Crippen LogP contribution in [0.4, 0.5) is 11.4 Å². The van der Waals surface area contributed by atoms with Gasteiger partial charge in [-0.05, 0) is 56.9 Å². The van der Waals surface area contributed by atoms with Gasteiger partial charge in [0.1, 0.15) is 0 Å². The summed E-state index contributed by atoms with van der Waals surface area (Å²) in [6.07, 6.45) is 7.38. The third-order valence-corrected chi connectivity index (χ3v) is 5.83. The fraction of sp³-hybridized carbons (Fsp3) is 0. The van der Waals surface area contributed by atoms with Crippen molar-refractivity contribution in [2.45, 2.75) is 0 Å². The van der Waals surface area contributed by atoms with Crippen molar-refractivity contribution in [1.82, 2.24) is 4.98 Å². The average Bonchev–Trinajstić information content (AvgIpc) is 2.86. The van der Waals surface area contributed by atoms with E-state index in [0.717, 1.165) is 33.3 Å². The summed E-state index contributed by atoms with van der Waals surface area (Å²) in [5.74, 6) is 0. The Labute approximate surface area is 185 Å². The van der Waals surface area contributed by atoms with Crippen LogP contribution >= 0.6 is 0 Å². The normalized spacial score (nSPS) is 12.1. The second-order valence-corrected chi connectivity index (χ2v) is 7.80. The highest BCUT2D eigenvalue weighted by Gasteiger charge is 2.12. The van der Waals surface area contributed by atoms with Gasteiger partial charge in [-0.15, -0.1) is 0 Å². The Morgan fingerprint density at radius 2 is 1.00 bits per heavy atom. The monoisotopic (exact) mass is 409 g/mol. The predicted molar refractivity (Wildman–Crippen MR) is 135 cm³/mol. The molecule has 0 aliphatic carbocycles. The van der Waals surface area contributed by atoms with E-state index in [0.29, 0.717) is 0 Å². The number of hydrogen-bond acceptors (Lipinski definition) is 3. The molecule has 0 unspecified atom stereocenters. The summed E-state index contributed by atoms with van der Waals surface area (Å²) in [5, 5.41) is 7.21. The molecule has 0 spiro atoms. The molecule has 5 aromatic carbocycles. The van der Waals surface area contributed by atoms with Gasteiger partial charge < -0.3 is 0 Å². The van der Waals surface area contributed by atoms with Crippen molar-refractivity contribution in [2.24, 2.45) is 9.98 Å². The van der Waals surface area contributed by atoms with Crippen molar-refractivity contribution in [2.75, 3.05) is 0 Å². The molecule has 0 bridgehead atoms. The lowest BCUT2D eigenvalue weighted by molar-refractivity contribution is 1.32.